The lowest BCUT2D eigenvalue weighted by atomic mass is 9.73. The van der Waals surface area contributed by atoms with Gasteiger partial charge in [-0.1, -0.05) is 25.3 Å². The first kappa shape index (κ1) is 20.0. The lowest BCUT2D eigenvalue weighted by Crippen LogP contribution is -2.51. The predicted molar refractivity (Wildman–Crippen MR) is 112 cm³/mol. The Kier molecular flexibility index (Phi) is 6.99. The summed E-state index contributed by atoms with van der Waals surface area (Å²) in [5.41, 5.74) is 5.58. The Morgan fingerprint density at radius 3 is 2.67 bits per heavy atom. The second-order valence-corrected chi connectivity index (χ2v) is 8.71. The van der Waals surface area contributed by atoms with E-state index in [-0.39, 0.29) is 11.4 Å². The van der Waals surface area contributed by atoms with Gasteiger partial charge in [0.15, 0.2) is 5.96 Å². The van der Waals surface area contributed by atoms with E-state index in [9.17, 15) is 4.79 Å². The minimum absolute atomic E-state index is 0.199. The molecule has 0 atom stereocenters. The number of amides is 2. The second-order valence-electron chi connectivity index (χ2n) is 7.76. The van der Waals surface area contributed by atoms with Crippen molar-refractivity contribution in [2.24, 2.45) is 10.7 Å². The first-order valence-corrected chi connectivity index (χ1v) is 11.1. The number of hydrogen-bond acceptors (Lipinski definition) is 3. The van der Waals surface area contributed by atoms with E-state index < -0.39 is 0 Å². The maximum atomic E-state index is 11.3. The molecule has 150 valence electrons. The van der Waals surface area contributed by atoms with Gasteiger partial charge in [-0.3, -0.25) is 4.99 Å². The fourth-order valence-electron chi connectivity index (χ4n) is 4.28. The average molecular weight is 392 g/mol. The molecule has 2 fully saturated rings. The molecule has 1 saturated heterocycles. The third-order valence-corrected chi connectivity index (χ3v) is 7.00. The quantitative estimate of drug-likeness (QED) is 0.533. The van der Waals surface area contributed by atoms with Crippen molar-refractivity contribution in [2.45, 2.75) is 63.3 Å². The van der Waals surface area contributed by atoms with Gasteiger partial charge in [0.05, 0.1) is 6.54 Å². The lowest BCUT2D eigenvalue weighted by molar-refractivity contribution is 0.188. The first-order chi connectivity index (χ1) is 13.1. The van der Waals surface area contributed by atoms with Crippen LogP contribution in [0, 0.1) is 0 Å². The van der Waals surface area contributed by atoms with E-state index in [1.807, 2.05) is 11.3 Å². The predicted octanol–water partition coefficient (Wildman–Crippen LogP) is 3.05. The molecule has 2 amide bonds. The number of guanidine groups is 1. The second kappa shape index (κ2) is 9.44. The molecular weight excluding hydrogens is 358 g/mol. The van der Waals surface area contributed by atoms with Gasteiger partial charge in [-0.2, -0.15) is 0 Å². The van der Waals surface area contributed by atoms with Crippen LogP contribution < -0.4 is 16.4 Å². The number of nitrogens with zero attached hydrogens (tertiary/aromatic N) is 2. The normalized spacial score (nSPS) is 21.1. The highest BCUT2D eigenvalue weighted by molar-refractivity contribution is 7.10. The molecule has 6 nitrogen and oxygen atoms in total. The number of thiophene rings is 1. The standard InChI is InChI=1S/C20H33N5OS/c1-2-22-19(24-16-8-12-25(13-9-16)18(21)26)23-15-20(10-4-3-5-11-20)17-7-6-14-27-17/h6-7,14,16H,2-5,8-13,15H2,1H3,(H2,21,26)(H2,22,23,24). The summed E-state index contributed by atoms with van der Waals surface area (Å²) in [5.74, 6) is 0.900. The van der Waals surface area contributed by atoms with Crippen molar-refractivity contribution in [1.29, 1.82) is 0 Å². The zero-order chi connectivity index (χ0) is 19.1. The average Bonchev–Trinajstić information content (AvgIpc) is 3.23. The number of nitrogens with two attached hydrogens (primary N) is 1. The summed E-state index contributed by atoms with van der Waals surface area (Å²) in [6.07, 6.45) is 8.20. The Morgan fingerprint density at radius 1 is 1.33 bits per heavy atom. The van der Waals surface area contributed by atoms with Crippen molar-refractivity contribution in [3.05, 3.63) is 22.4 Å². The van der Waals surface area contributed by atoms with E-state index in [0.717, 1.165) is 31.9 Å². The summed E-state index contributed by atoms with van der Waals surface area (Å²) in [5, 5.41) is 9.17. The van der Waals surface area contributed by atoms with Gasteiger partial charge in [-0.25, -0.2) is 4.79 Å². The van der Waals surface area contributed by atoms with Gasteiger partial charge >= 0.3 is 6.03 Å². The van der Waals surface area contributed by atoms with Gasteiger partial charge in [0, 0.05) is 36.0 Å². The molecule has 0 bridgehead atoms. The summed E-state index contributed by atoms with van der Waals surface area (Å²) in [7, 11) is 0. The van der Waals surface area contributed by atoms with E-state index in [1.165, 1.54) is 37.0 Å². The van der Waals surface area contributed by atoms with Gasteiger partial charge in [0.1, 0.15) is 0 Å². The number of likely N-dealkylation sites (tertiary alicyclic amines) is 1. The van der Waals surface area contributed by atoms with Crippen molar-refractivity contribution in [1.82, 2.24) is 15.5 Å². The summed E-state index contributed by atoms with van der Waals surface area (Å²) in [6, 6.07) is 4.47. The van der Waals surface area contributed by atoms with Gasteiger partial charge in [0.25, 0.3) is 0 Å². The van der Waals surface area contributed by atoms with Crippen LogP contribution in [0.15, 0.2) is 22.5 Å². The fraction of sp³-hybridized carbons (Fsp3) is 0.700. The molecule has 1 aromatic rings. The number of carbonyl (C=O) groups is 1. The van der Waals surface area contributed by atoms with Crippen molar-refractivity contribution < 1.29 is 4.79 Å². The van der Waals surface area contributed by atoms with E-state index in [4.69, 9.17) is 10.7 Å². The molecule has 1 aliphatic carbocycles. The molecule has 27 heavy (non-hydrogen) atoms. The van der Waals surface area contributed by atoms with Crippen molar-refractivity contribution in [3.8, 4) is 0 Å². The van der Waals surface area contributed by atoms with E-state index in [0.29, 0.717) is 19.1 Å². The van der Waals surface area contributed by atoms with Crippen LogP contribution in [0.4, 0.5) is 4.79 Å². The number of urea groups is 1. The Labute approximate surface area is 166 Å². The highest BCUT2D eigenvalue weighted by Gasteiger charge is 2.35. The Bertz CT molecular complexity index is 616. The molecule has 2 aliphatic rings. The van der Waals surface area contributed by atoms with E-state index in [1.54, 1.807) is 4.90 Å². The number of nitrogens with one attached hydrogen (secondary N) is 2. The fourth-order valence-corrected chi connectivity index (χ4v) is 5.26. The van der Waals surface area contributed by atoms with E-state index >= 15 is 0 Å². The maximum absolute atomic E-state index is 11.3. The number of primary amides is 1. The van der Waals surface area contributed by atoms with Crippen molar-refractivity contribution >= 4 is 23.3 Å². The number of aliphatic imine (C=N–C) groups is 1. The van der Waals surface area contributed by atoms with Crippen LogP contribution >= 0.6 is 11.3 Å². The van der Waals surface area contributed by atoms with Gasteiger partial charge in [-0.05, 0) is 44.1 Å². The van der Waals surface area contributed by atoms with Gasteiger partial charge in [-0.15, -0.1) is 11.3 Å². The Morgan fingerprint density at radius 2 is 2.07 bits per heavy atom. The van der Waals surface area contributed by atoms with Crippen LogP contribution in [-0.2, 0) is 5.41 Å². The maximum Gasteiger partial charge on any atom is 0.314 e. The topological polar surface area (TPSA) is 82.8 Å². The molecule has 3 rings (SSSR count). The molecule has 0 aromatic carbocycles. The summed E-state index contributed by atoms with van der Waals surface area (Å²) in [4.78, 5) is 19.5. The zero-order valence-corrected chi connectivity index (χ0v) is 17.2. The van der Waals surface area contributed by atoms with Crippen LogP contribution in [-0.4, -0.2) is 49.1 Å². The smallest absolute Gasteiger partial charge is 0.314 e. The molecule has 7 heteroatoms. The zero-order valence-electron chi connectivity index (χ0n) is 16.4. The van der Waals surface area contributed by atoms with Crippen molar-refractivity contribution in [2.75, 3.05) is 26.2 Å². The summed E-state index contributed by atoms with van der Waals surface area (Å²) >= 11 is 1.87. The van der Waals surface area contributed by atoms with Crippen LogP contribution in [0.3, 0.4) is 0 Å². The van der Waals surface area contributed by atoms with Gasteiger partial charge in [0.2, 0.25) is 0 Å². The van der Waals surface area contributed by atoms with Crippen LogP contribution in [0.2, 0.25) is 0 Å². The monoisotopic (exact) mass is 391 g/mol. The van der Waals surface area contributed by atoms with Gasteiger partial charge < -0.3 is 21.3 Å². The number of hydrogen-bond donors (Lipinski definition) is 3. The van der Waals surface area contributed by atoms with Crippen LogP contribution in [0.5, 0.6) is 0 Å². The van der Waals surface area contributed by atoms with Crippen LogP contribution in [0.25, 0.3) is 0 Å². The molecule has 0 radical (unpaired) electrons. The minimum Gasteiger partial charge on any atom is -0.357 e. The summed E-state index contributed by atoms with van der Waals surface area (Å²) < 4.78 is 0. The molecule has 0 unspecified atom stereocenters. The number of carbonyl (C=O) groups excluding carboxylic acids is 1. The Balaban J connectivity index is 1.65. The van der Waals surface area contributed by atoms with Crippen molar-refractivity contribution in [3.63, 3.8) is 0 Å². The lowest BCUT2D eigenvalue weighted by Gasteiger charge is -2.36. The Hall–Kier alpha value is -1.76. The molecule has 1 aliphatic heterocycles. The first-order valence-electron chi connectivity index (χ1n) is 10.3. The number of rotatable bonds is 5. The van der Waals surface area contributed by atoms with Crippen LogP contribution in [0.1, 0.15) is 56.7 Å². The molecule has 1 saturated carbocycles. The minimum atomic E-state index is -0.316. The molecule has 4 N–H and O–H groups in total. The highest BCUT2D eigenvalue weighted by atomic mass is 32.1. The van der Waals surface area contributed by atoms with E-state index in [2.05, 4.69) is 35.1 Å². The third kappa shape index (κ3) is 5.15. The highest BCUT2D eigenvalue weighted by Crippen LogP contribution is 2.41. The largest absolute Gasteiger partial charge is 0.357 e. The molecule has 0 spiro atoms. The number of piperidine rings is 1. The third-order valence-electron chi connectivity index (χ3n) is 5.89. The molecular formula is C20H33N5OS. The summed E-state index contributed by atoms with van der Waals surface area (Å²) in [6.45, 7) is 5.21. The molecule has 2 heterocycles. The SMILES string of the molecule is CCNC(=NCC1(c2cccs2)CCCCC1)NC1CCN(C(N)=O)CC1. The molecule has 1 aromatic heterocycles.